The van der Waals surface area contributed by atoms with Crippen molar-refractivity contribution in [3.63, 3.8) is 0 Å². The summed E-state index contributed by atoms with van der Waals surface area (Å²) in [6.07, 6.45) is 0. The molecule has 4 aromatic carbocycles. The molecule has 0 aliphatic carbocycles. The Labute approximate surface area is 206 Å². The van der Waals surface area contributed by atoms with E-state index in [1.807, 2.05) is 42.5 Å². The Balaban J connectivity index is 1.65. The first-order chi connectivity index (χ1) is 16.9. The van der Waals surface area contributed by atoms with Crippen molar-refractivity contribution in [1.82, 2.24) is 0 Å². The number of hydrogen-bond acceptors (Lipinski definition) is 3. The number of anilines is 1. The van der Waals surface area contributed by atoms with Gasteiger partial charge >= 0.3 is 0 Å². The van der Waals surface area contributed by atoms with Crippen LogP contribution in [-0.2, 0) is 9.59 Å². The van der Waals surface area contributed by atoms with Crippen LogP contribution in [0.25, 0.3) is 16.9 Å². The summed E-state index contributed by atoms with van der Waals surface area (Å²) in [5.41, 5.74) is 2.98. The quantitative estimate of drug-likeness (QED) is 0.198. The van der Waals surface area contributed by atoms with Gasteiger partial charge in [-0.25, -0.2) is 4.39 Å². The first-order valence-corrected chi connectivity index (χ1v) is 11.3. The maximum absolute atomic E-state index is 14.2. The maximum Gasteiger partial charge on any atom is 0.300 e. The fourth-order valence-electron chi connectivity index (χ4n) is 4.30. The molecule has 6 heteroatoms. The van der Waals surface area contributed by atoms with Crippen LogP contribution in [0.2, 0.25) is 5.02 Å². The van der Waals surface area contributed by atoms with Crippen molar-refractivity contribution in [3.8, 4) is 11.1 Å². The van der Waals surface area contributed by atoms with Gasteiger partial charge in [0.05, 0.1) is 11.6 Å². The Morgan fingerprint density at radius 1 is 0.800 bits per heavy atom. The third-order valence-electron chi connectivity index (χ3n) is 5.98. The molecule has 1 fully saturated rings. The average molecular weight is 484 g/mol. The highest BCUT2D eigenvalue weighted by atomic mass is 35.5. The van der Waals surface area contributed by atoms with E-state index in [1.165, 1.54) is 23.1 Å². The monoisotopic (exact) mass is 483 g/mol. The number of aliphatic hydroxyl groups excluding tert-OH is 1. The molecule has 5 rings (SSSR count). The van der Waals surface area contributed by atoms with E-state index >= 15 is 0 Å². The van der Waals surface area contributed by atoms with Crippen LogP contribution < -0.4 is 4.90 Å². The SMILES string of the molecule is O=C1C(=O)N(c2ccc(-c3ccccc3)cc2)C(c2cccc(F)c2)/C1=C(\O)c1ccc(Cl)cc1. The molecular weight excluding hydrogens is 465 g/mol. The third kappa shape index (κ3) is 4.22. The minimum absolute atomic E-state index is 0.116. The van der Waals surface area contributed by atoms with E-state index in [-0.39, 0.29) is 11.3 Å². The number of aliphatic hydroxyl groups is 1. The molecular formula is C29H19ClFNO3. The van der Waals surface area contributed by atoms with Gasteiger partial charge in [-0.3, -0.25) is 14.5 Å². The zero-order valence-electron chi connectivity index (χ0n) is 18.4. The smallest absolute Gasteiger partial charge is 0.300 e. The molecule has 4 nitrogen and oxygen atoms in total. The number of carbonyl (C=O) groups is 2. The van der Waals surface area contributed by atoms with Crippen molar-refractivity contribution < 1.29 is 19.1 Å². The lowest BCUT2D eigenvalue weighted by atomic mass is 9.95. The van der Waals surface area contributed by atoms with Crippen LogP contribution in [0.15, 0.2) is 109 Å². The fourth-order valence-corrected chi connectivity index (χ4v) is 4.43. The van der Waals surface area contributed by atoms with Crippen LogP contribution in [0.4, 0.5) is 10.1 Å². The van der Waals surface area contributed by atoms with Gasteiger partial charge in [-0.15, -0.1) is 0 Å². The van der Waals surface area contributed by atoms with E-state index < -0.39 is 23.5 Å². The number of halogens is 2. The third-order valence-corrected chi connectivity index (χ3v) is 6.23. The van der Waals surface area contributed by atoms with Crippen molar-refractivity contribution >= 4 is 34.7 Å². The molecule has 1 unspecified atom stereocenters. The van der Waals surface area contributed by atoms with Crippen LogP contribution in [0.5, 0.6) is 0 Å². The van der Waals surface area contributed by atoms with E-state index in [9.17, 15) is 19.1 Å². The molecule has 0 aromatic heterocycles. The Kier molecular flexibility index (Phi) is 5.93. The second kappa shape index (κ2) is 9.20. The Morgan fingerprint density at radius 2 is 1.46 bits per heavy atom. The zero-order valence-corrected chi connectivity index (χ0v) is 19.1. The predicted octanol–water partition coefficient (Wildman–Crippen LogP) is 6.77. The number of amides is 1. The van der Waals surface area contributed by atoms with Gasteiger partial charge in [0.25, 0.3) is 11.7 Å². The summed E-state index contributed by atoms with van der Waals surface area (Å²) in [4.78, 5) is 27.7. The second-order valence-electron chi connectivity index (χ2n) is 8.14. The summed E-state index contributed by atoms with van der Waals surface area (Å²) in [5.74, 6) is -2.52. The molecule has 1 saturated heterocycles. The first-order valence-electron chi connectivity index (χ1n) is 10.9. The van der Waals surface area contributed by atoms with E-state index in [2.05, 4.69) is 0 Å². The Hall–Kier alpha value is -4.22. The van der Waals surface area contributed by atoms with Crippen LogP contribution in [0.3, 0.4) is 0 Å². The van der Waals surface area contributed by atoms with Gasteiger partial charge in [0.15, 0.2) is 0 Å². The number of carbonyl (C=O) groups excluding carboxylic acids is 2. The van der Waals surface area contributed by atoms with Gasteiger partial charge in [-0.2, -0.15) is 0 Å². The molecule has 1 aliphatic rings. The zero-order chi connectivity index (χ0) is 24.5. The molecule has 172 valence electrons. The molecule has 0 bridgehead atoms. The molecule has 1 amide bonds. The predicted molar refractivity (Wildman–Crippen MR) is 135 cm³/mol. The largest absolute Gasteiger partial charge is 0.507 e. The number of rotatable bonds is 4. The molecule has 4 aromatic rings. The summed E-state index contributed by atoms with van der Waals surface area (Å²) >= 11 is 5.96. The standard InChI is InChI=1S/C29H19ClFNO3/c30-22-13-9-20(10-14-22)27(33)25-26(21-7-4-8-23(31)17-21)32(29(35)28(25)34)24-15-11-19(12-16-24)18-5-2-1-3-6-18/h1-17,26,33H/b27-25+. The highest BCUT2D eigenvalue weighted by Gasteiger charge is 2.47. The molecule has 1 N–H and O–H groups in total. The van der Waals surface area contributed by atoms with Gasteiger partial charge in [0.1, 0.15) is 11.6 Å². The van der Waals surface area contributed by atoms with Crippen molar-refractivity contribution in [2.45, 2.75) is 6.04 Å². The molecule has 0 spiro atoms. The van der Waals surface area contributed by atoms with Crippen LogP contribution in [-0.4, -0.2) is 16.8 Å². The van der Waals surface area contributed by atoms with Gasteiger partial charge < -0.3 is 5.11 Å². The summed E-state index contributed by atoms with van der Waals surface area (Å²) in [6.45, 7) is 0. The Bertz CT molecular complexity index is 1450. The number of nitrogens with zero attached hydrogens (tertiary/aromatic N) is 1. The highest BCUT2D eigenvalue weighted by molar-refractivity contribution is 6.51. The number of benzene rings is 4. The van der Waals surface area contributed by atoms with Gasteiger partial charge in [0.2, 0.25) is 0 Å². The van der Waals surface area contributed by atoms with Crippen LogP contribution in [0.1, 0.15) is 17.2 Å². The van der Waals surface area contributed by atoms with E-state index in [0.717, 1.165) is 11.1 Å². The second-order valence-corrected chi connectivity index (χ2v) is 8.58. The molecule has 35 heavy (non-hydrogen) atoms. The summed E-state index contributed by atoms with van der Waals surface area (Å²) in [6, 6.07) is 27.9. The number of ketones is 1. The van der Waals surface area contributed by atoms with Crippen molar-refractivity contribution in [2.75, 3.05) is 4.90 Å². The van der Waals surface area contributed by atoms with E-state index in [1.54, 1.807) is 42.5 Å². The van der Waals surface area contributed by atoms with Crippen LogP contribution in [0, 0.1) is 5.82 Å². The maximum atomic E-state index is 14.2. The van der Waals surface area contributed by atoms with E-state index in [0.29, 0.717) is 21.8 Å². The fraction of sp³-hybridized carbons (Fsp3) is 0.0345. The molecule has 0 radical (unpaired) electrons. The van der Waals surface area contributed by atoms with Gasteiger partial charge in [0, 0.05) is 16.3 Å². The lowest BCUT2D eigenvalue weighted by Crippen LogP contribution is -2.29. The Morgan fingerprint density at radius 3 is 2.11 bits per heavy atom. The topological polar surface area (TPSA) is 57.6 Å². The summed E-state index contributed by atoms with van der Waals surface area (Å²) < 4.78 is 14.2. The van der Waals surface area contributed by atoms with Crippen molar-refractivity contribution in [3.05, 3.63) is 131 Å². The summed E-state index contributed by atoms with van der Waals surface area (Å²) in [5, 5.41) is 11.6. The van der Waals surface area contributed by atoms with Crippen molar-refractivity contribution in [2.24, 2.45) is 0 Å². The highest BCUT2D eigenvalue weighted by Crippen LogP contribution is 2.42. The van der Waals surface area contributed by atoms with Gasteiger partial charge in [-0.1, -0.05) is 66.2 Å². The lowest BCUT2D eigenvalue weighted by molar-refractivity contribution is -0.132. The normalized spacial score (nSPS) is 17.1. The van der Waals surface area contributed by atoms with E-state index in [4.69, 9.17) is 11.6 Å². The molecule has 0 saturated carbocycles. The molecule has 1 aliphatic heterocycles. The molecule has 1 heterocycles. The molecule has 1 atom stereocenters. The lowest BCUT2D eigenvalue weighted by Gasteiger charge is -2.25. The number of hydrogen-bond donors (Lipinski definition) is 1. The van der Waals surface area contributed by atoms with Crippen molar-refractivity contribution in [1.29, 1.82) is 0 Å². The van der Waals surface area contributed by atoms with Crippen LogP contribution >= 0.6 is 11.6 Å². The number of Topliss-reactive ketones (excluding diaryl/α,β-unsaturated/α-hetero) is 1. The minimum Gasteiger partial charge on any atom is -0.507 e. The summed E-state index contributed by atoms with van der Waals surface area (Å²) in [7, 11) is 0. The minimum atomic E-state index is -1.01. The first kappa shape index (κ1) is 22.6. The van der Waals surface area contributed by atoms with Gasteiger partial charge in [-0.05, 0) is 65.2 Å². The average Bonchev–Trinajstić information content (AvgIpc) is 3.15.